The Balaban J connectivity index is 2.44. The molecule has 0 spiro atoms. The van der Waals surface area contributed by atoms with Gasteiger partial charge in [-0.3, -0.25) is 4.79 Å². The molecule has 0 aliphatic rings. The second kappa shape index (κ2) is 7.01. The van der Waals surface area contributed by atoms with E-state index in [0.717, 1.165) is 55.5 Å². The fourth-order valence-electron chi connectivity index (χ4n) is 1.64. The smallest absolute Gasteiger partial charge is 0.150 e. The third kappa shape index (κ3) is 3.66. The molecule has 0 heterocycles. The van der Waals surface area contributed by atoms with Crippen molar-refractivity contribution in [1.29, 1.82) is 0 Å². The number of nitrogens with two attached hydrogens (primary N) is 1. The maximum absolute atomic E-state index is 10.8. The highest BCUT2D eigenvalue weighted by Gasteiger charge is 2.01. The predicted molar refractivity (Wildman–Crippen MR) is 68.0 cm³/mol. The number of rotatable bonds is 7. The van der Waals surface area contributed by atoms with Crippen molar-refractivity contribution in [3.05, 3.63) is 29.3 Å². The number of hydrogen-bond donors (Lipinski definition) is 2. The van der Waals surface area contributed by atoms with Gasteiger partial charge < -0.3 is 11.1 Å². The predicted octanol–water partition coefficient (Wildman–Crippen LogP) is 2.35. The first-order chi connectivity index (χ1) is 7.79. The van der Waals surface area contributed by atoms with Crippen molar-refractivity contribution in [2.75, 3.05) is 18.4 Å². The maximum Gasteiger partial charge on any atom is 0.150 e. The lowest BCUT2D eigenvalue weighted by atomic mass is 10.1. The van der Waals surface area contributed by atoms with Crippen LogP contribution >= 0.6 is 0 Å². The fraction of sp³-hybridized carbons (Fsp3) is 0.462. The first-order valence-electron chi connectivity index (χ1n) is 5.78. The Morgan fingerprint density at radius 2 is 2.12 bits per heavy atom. The third-order valence-corrected chi connectivity index (χ3v) is 2.70. The number of hydrogen-bond acceptors (Lipinski definition) is 3. The van der Waals surface area contributed by atoms with Crippen molar-refractivity contribution >= 4 is 12.0 Å². The lowest BCUT2D eigenvalue weighted by Crippen LogP contribution is -2.05. The highest BCUT2D eigenvalue weighted by Crippen LogP contribution is 2.17. The van der Waals surface area contributed by atoms with Crippen molar-refractivity contribution in [3.8, 4) is 0 Å². The molecule has 0 radical (unpaired) electrons. The second-order valence-electron chi connectivity index (χ2n) is 3.91. The summed E-state index contributed by atoms with van der Waals surface area (Å²) in [6.45, 7) is 3.66. The van der Waals surface area contributed by atoms with Crippen molar-refractivity contribution in [3.63, 3.8) is 0 Å². The SMILES string of the molecule is Cc1c(C=O)cccc1NCCCCCN. The Hall–Kier alpha value is -1.35. The summed E-state index contributed by atoms with van der Waals surface area (Å²) in [5.41, 5.74) is 8.26. The van der Waals surface area contributed by atoms with Gasteiger partial charge in [0.15, 0.2) is 0 Å². The molecule has 3 nitrogen and oxygen atoms in total. The van der Waals surface area contributed by atoms with Gasteiger partial charge in [0.05, 0.1) is 0 Å². The van der Waals surface area contributed by atoms with Gasteiger partial charge in [-0.15, -0.1) is 0 Å². The molecule has 0 aliphatic carbocycles. The summed E-state index contributed by atoms with van der Waals surface area (Å²) in [5.74, 6) is 0. The molecule has 88 valence electrons. The molecular weight excluding hydrogens is 200 g/mol. The van der Waals surface area contributed by atoms with E-state index in [9.17, 15) is 4.79 Å². The molecule has 3 heteroatoms. The number of benzene rings is 1. The minimum absolute atomic E-state index is 0.756. The molecular formula is C13H20N2O. The molecule has 0 bridgehead atoms. The van der Waals surface area contributed by atoms with Gasteiger partial charge in [0, 0.05) is 17.8 Å². The molecule has 1 aromatic carbocycles. The number of anilines is 1. The first-order valence-corrected chi connectivity index (χ1v) is 5.78. The van der Waals surface area contributed by atoms with Gasteiger partial charge in [-0.05, 0) is 37.9 Å². The van der Waals surface area contributed by atoms with Crippen LogP contribution in [0.1, 0.15) is 35.2 Å². The molecule has 3 N–H and O–H groups in total. The molecule has 0 amide bonds. The van der Waals surface area contributed by atoms with Crippen LogP contribution in [-0.2, 0) is 0 Å². The number of unbranched alkanes of at least 4 members (excludes halogenated alkanes) is 2. The van der Waals surface area contributed by atoms with Gasteiger partial charge in [0.1, 0.15) is 6.29 Å². The van der Waals surface area contributed by atoms with Crippen LogP contribution in [0.3, 0.4) is 0 Å². The molecule has 0 aromatic heterocycles. The molecule has 16 heavy (non-hydrogen) atoms. The molecule has 0 saturated carbocycles. The normalized spacial score (nSPS) is 10.1. The summed E-state index contributed by atoms with van der Waals surface area (Å²) in [6, 6.07) is 5.74. The monoisotopic (exact) mass is 220 g/mol. The Bertz CT molecular complexity index is 337. The van der Waals surface area contributed by atoms with Gasteiger partial charge in [0.2, 0.25) is 0 Å². The van der Waals surface area contributed by atoms with Crippen LogP contribution in [-0.4, -0.2) is 19.4 Å². The van der Waals surface area contributed by atoms with E-state index in [1.807, 2.05) is 25.1 Å². The minimum atomic E-state index is 0.756. The molecule has 0 atom stereocenters. The lowest BCUT2D eigenvalue weighted by molar-refractivity contribution is 0.112. The van der Waals surface area contributed by atoms with Crippen molar-refractivity contribution in [2.45, 2.75) is 26.2 Å². The number of carbonyl (C=O) groups excluding carboxylic acids is 1. The molecule has 1 aromatic rings. The lowest BCUT2D eigenvalue weighted by Gasteiger charge is -2.10. The first kappa shape index (κ1) is 12.7. The minimum Gasteiger partial charge on any atom is -0.385 e. The summed E-state index contributed by atoms with van der Waals surface area (Å²) in [4.78, 5) is 10.8. The largest absolute Gasteiger partial charge is 0.385 e. The van der Waals surface area contributed by atoms with E-state index < -0.39 is 0 Å². The topological polar surface area (TPSA) is 55.1 Å². The summed E-state index contributed by atoms with van der Waals surface area (Å²) in [6.07, 6.45) is 4.24. The third-order valence-electron chi connectivity index (χ3n) is 2.70. The van der Waals surface area contributed by atoms with Crippen molar-refractivity contribution in [2.24, 2.45) is 5.73 Å². The number of aldehydes is 1. The average Bonchev–Trinajstić information content (AvgIpc) is 2.31. The van der Waals surface area contributed by atoms with E-state index >= 15 is 0 Å². The van der Waals surface area contributed by atoms with Crippen LogP contribution in [0.5, 0.6) is 0 Å². The van der Waals surface area contributed by atoms with E-state index in [-0.39, 0.29) is 0 Å². The number of nitrogens with one attached hydrogen (secondary N) is 1. The van der Waals surface area contributed by atoms with E-state index in [4.69, 9.17) is 5.73 Å². The molecule has 1 rings (SSSR count). The zero-order chi connectivity index (χ0) is 11.8. The van der Waals surface area contributed by atoms with Crippen LogP contribution in [0.2, 0.25) is 0 Å². The van der Waals surface area contributed by atoms with Crippen LogP contribution < -0.4 is 11.1 Å². The zero-order valence-corrected chi connectivity index (χ0v) is 9.83. The molecule has 0 aliphatic heterocycles. The van der Waals surface area contributed by atoms with Crippen LogP contribution in [0.15, 0.2) is 18.2 Å². The van der Waals surface area contributed by atoms with E-state index in [0.29, 0.717) is 0 Å². The fourth-order valence-corrected chi connectivity index (χ4v) is 1.64. The van der Waals surface area contributed by atoms with Gasteiger partial charge >= 0.3 is 0 Å². The Labute approximate surface area is 97.0 Å². The van der Waals surface area contributed by atoms with Crippen LogP contribution in [0.25, 0.3) is 0 Å². The summed E-state index contributed by atoms with van der Waals surface area (Å²) in [5, 5.41) is 3.35. The number of carbonyl (C=O) groups is 1. The Morgan fingerprint density at radius 1 is 1.31 bits per heavy atom. The van der Waals surface area contributed by atoms with Crippen LogP contribution in [0, 0.1) is 6.92 Å². The highest BCUT2D eigenvalue weighted by atomic mass is 16.1. The van der Waals surface area contributed by atoms with Gasteiger partial charge in [-0.1, -0.05) is 18.6 Å². The van der Waals surface area contributed by atoms with E-state index in [1.54, 1.807) is 0 Å². The summed E-state index contributed by atoms with van der Waals surface area (Å²) < 4.78 is 0. The van der Waals surface area contributed by atoms with Gasteiger partial charge in [-0.25, -0.2) is 0 Å². The van der Waals surface area contributed by atoms with Crippen molar-refractivity contribution in [1.82, 2.24) is 0 Å². The standard InChI is InChI=1S/C13H20N2O/c1-11-12(10-16)6-5-7-13(11)15-9-4-2-3-8-14/h5-7,10,15H,2-4,8-9,14H2,1H3. The Morgan fingerprint density at radius 3 is 2.81 bits per heavy atom. The maximum atomic E-state index is 10.8. The van der Waals surface area contributed by atoms with E-state index in [1.165, 1.54) is 0 Å². The Kier molecular flexibility index (Phi) is 5.57. The highest BCUT2D eigenvalue weighted by molar-refractivity contribution is 5.80. The zero-order valence-electron chi connectivity index (χ0n) is 9.83. The van der Waals surface area contributed by atoms with Crippen molar-refractivity contribution < 1.29 is 4.79 Å². The quantitative estimate of drug-likeness (QED) is 0.548. The molecule has 0 saturated heterocycles. The van der Waals surface area contributed by atoms with E-state index in [2.05, 4.69) is 5.32 Å². The van der Waals surface area contributed by atoms with Gasteiger partial charge in [0.25, 0.3) is 0 Å². The van der Waals surface area contributed by atoms with Gasteiger partial charge in [-0.2, -0.15) is 0 Å². The summed E-state index contributed by atoms with van der Waals surface area (Å²) >= 11 is 0. The average molecular weight is 220 g/mol. The molecule has 0 fully saturated rings. The van der Waals surface area contributed by atoms with Crippen LogP contribution in [0.4, 0.5) is 5.69 Å². The second-order valence-corrected chi connectivity index (χ2v) is 3.91. The molecule has 0 unspecified atom stereocenters. The summed E-state index contributed by atoms with van der Waals surface area (Å²) in [7, 11) is 0.